The van der Waals surface area contributed by atoms with Gasteiger partial charge in [-0.2, -0.15) is 0 Å². The summed E-state index contributed by atoms with van der Waals surface area (Å²) < 4.78 is 20.5. The van der Waals surface area contributed by atoms with Gasteiger partial charge in [0.25, 0.3) is 0 Å². The fourth-order valence-electron chi connectivity index (χ4n) is 2.53. The average molecular weight is 298 g/mol. The number of nitrogens with one attached hydrogen (secondary N) is 1. The molecule has 0 spiro atoms. The maximum atomic E-state index is 14.1. The first kappa shape index (κ1) is 14.1. The number of aliphatic hydroxyl groups excluding tert-OH is 2. The van der Waals surface area contributed by atoms with Crippen LogP contribution in [0.4, 0.5) is 4.39 Å². The second-order valence-electron chi connectivity index (χ2n) is 4.96. The summed E-state index contributed by atoms with van der Waals surface area (Å²) in [7, 11) is 0. The first-order valence-electron chi connectivity index (χ1n) is 6.60. The number of fused-ring (bicyclic) bond motifs is 1. The zero-order chi connectivity index (χ0) is 15.1. The number of alkyl halides is 1. The van der Waals surface area contributed by atoms with Gasteiger partial charge in [-0.15, -0.1) is 0 Å². The van der Waals surface area contributed by atoms with Crippen molar-refractivity contribution in [3.63, 3.8) is 0 Å². The third kappa shape index (κ3) is 2.13. The number of nitrogens with zero attached hydrogens (tertiary/aromatic N) is 3. The van der Waals surface area contributed by atoms with Crippen LogP contribution in [0.1, 0.15) is 19.6 Å². The molecule has 0 aromatic carbocycles. The van der Waals surface area contributed by atoms with Crippen LogP contribution in [-0.2, 0) is 4.74 Å². The second-order valence-corrected chi connectivity index (χ2v) is 4.96. The summed E-state index contributed by atoms with van der Waals surface area (Å²) in [6.45, 7) is 1.67. The summed E-state index contributed by atoms with van der Waals surface area (Å²) in [6.07, 6.45) is -3.95. The van der Waals surface area contributed by atoms with E-state index in [0.717, 1.165) is 4.57 Å². The van der Waals surface area contributed by atoms with Gasteiger partial charge in [0.05, 0.1) is 12.3 Å². The van der Waals surface area contributed by atoms with Gasteiger partial charge in [-0.3, -0.25) is 0 Å². The Morgan fingerprint density at radius 1 is 1.62 bits per heavy atom. The fraction of sp³-hybridized carbons (Fsp3) is 0.583. The summed E-state index contributed by atoms with van der Waals surface area (Å²) in [5.74, 6) is 0. The molecule has 3 heterocycles. The summed E-state index contributed by atoms with van der Waals surface area (Å²) in [4.78, 5) is 22.2. The van der Waals surface area contributed by atoms with Gasteiger partial charge in [0, 0.05) is 0 Å². The lowest BCUT2D eigenvalue weighted by molar-refractivity contribution is -0.0797. The Bertz CT molecular complexity index is 702. The van der Waals surface area contributed by atoms with Crippen LogP contribution in [0.25, 0.3) is 11.2 Å². The highest BCUT2D eigenvalue weighted by molar-refractivity contribution is 5.68. The molecule has 1 aliphatic heterocycles. The van der Waals surface area contributed by atoms with Crippen LogP contribution < -0.4 is 5.69 Å². The van der Waals surface area contributed by atoms with E-state index in [4.69, 9.17) is 4.74 Å². The molecule has 3 rings (SSSR count). The standard InChI is InChI=1S/C12H15FN4O4/c1-2-6(18)9-7(13)8(19)11(21-9)17-10-5(16-12(17)20)3-14-4-15-10/h3-4,6-9,11,18-19H,2H2,1H3,(H,16,20)/t6-,7+,8+,9+,11+/m0/s1. The van der Waals surface area contributed by atoms with E-state index in [1.807, 2.05) is 0 Å². The Morgan fingerprint density at radius 3 is 3.10 bits per heavy atom. The van der Waals surface area contributed by atoms with Crippen molar-refractivity contribution in [1.29, 1.82) is 0 Å². The van der Waals surface area contributed by atoms with E-state index in [1.54, 1.807) is 6.92 Å². The van der Waals surface area contributed by atoms with Crippen molar-refractivity contribution in [1.82, 2.24) is 19.5 Å². The van der Waals surface area contributed by atoms with Gasteiger partial charge in [0.15, 0.2) is 18.0 Å². The number of hydrogen-bond donors (Lipinski definition) is 3. The van der Waals surface area contributed by atoms with Crippen LogP contribution in [0, 0.1) is 0 Å². The van der Waals surface area contributed by atoms with Gasteiger partial charge >= 0.3 is 5.69 Å². The molecule has 114 valence electrons. The van der Waals surface area contributed by atoms with Gasteiger partial charge in [-0.25, -0.2) is 23.7 Å². The number of aliphatic hydroxyl groups is 2. The van der Waals surface area contributed by atoms with Crippen molar-refractivity contribution in [2.45, 2.75) is 44.1 Å². The molecule has 0 unspecified atom stereocenters. The minimum atomic E-state index is -1.79. The van der Waals surface area contributed by atoms with Gasteiger partial charge < -0.3 is 19.9 Å². The molecule has 0 amide bonds. The Balaban J connectivity index is 2.03. The molecule has 0 aliphatic carbocycles. The number of aromatic amines is 1. The SMILES string of the molecule is CC[C@H](O)[C@H]1O[C@@H](n2c(=O)[nH]c3cncnc32)[C@H](O)[C@H]1F. The molecular weight excluding hydrogens is 283 g/mol. The first-order valence-corrected chi connectivity index (χ1v) is 6.60. The average Bonchev–Trinajstić information content (AvgIpc) is 2.96. The molecule has 5 atom stereocenters. The number of H-pyrrole nitrogens is 1. The summed E-state index contributed by atoms with van der Waals surface area (Å²) in [5.41, 5.74) is -0.0283. The number of rotatable bonds is 3. The summed E-state index contributed by atoms with van der Waals surface area (Å²) >= 11 is 0. The molecule has 1 fully saturated rings. The minimum Gasteiger partial charge on any atom is -0.390 e. The van der Waals surface area contributed by atoms with E-state index in [9.17, 15) is 19.4 Å². The van der Waals surface area contributed by atoms with Crippen LogP contribution in [0.15, 0.2) is 17.3 Å². The molecule has 0 bridgehead atoms. The van der Waals surface area contributed by atoms with Crippen molar-refractivity contribution in [3.05, 3.63) is 23.0 Å². The maximum absolute atomic E-state index is 14.1. The van der Waals surface area contributed by atoms with Gasteiger partial charge in [-0.05, 0) is 6.42 Å². The molecule has 8 nitrogen and oxygen atoms in total. The third-order valence-corrected chi connectivity index (χ3v) is 3.66. The summed E-state index contributed by atoms with van der Waals surface area (Å²) in [5, 5.41) is 19.7. The highest BCUT2D eigenvalue weighted by Crippen LogP contribution is 2.34. The van der Waals surface area contributed by atoms with Gasteiger partial charge in [-0.1, -0.05) is 6.92 Å². The number of imidazole rings is 1. The zero-order valence-corrected chi connectivity index (χ0v) is 11.2. The molecular formula is C12H15FN4O4. The van der Waals surface area contributed by atoms with Crippen LogP contribution in [0.5, 0.6) is 0 Å². The van der Waals surface area contributed by atoms with E-state index in [2.05, 4.69) is 15.0 Å². The monoisotopic (exact) mass is 298 g/mol. The number of ether oxygens (including phenoxy) is 1. The van der Waals surface area contributed by atoms with E-state index >= 15 is 0 Å². The molecule has 21 heavy (non-hydrogen) atoms. The Kier molecular flexibility index (Phi) is 3.47. The maximum Gasteiger partial charge on any atom is 0.329 e. The van der Waals surface area contributed by atoms with Crippen molar-refractivity contribution < 1.29 is 19.3 Å². The zero-order valence-electron chi connectivity index (χ0n) is 11.2. The molecule has 0 radical (unpaired) electrons. The van der Waals surface area contributed by atoms with Crippen molar-refractivity contribution >= 4 is 11.2 Å². The smallest absolute Gasteiger partial charge is 0.329 e. The quantitative estimate of drug-likeness (QED) is 0.703. The number of hydrogen-bond acceptors (Lipinski definition) is 6. The molecule has 1 aliphatic rings. The first-order chi connectivity index (χ1) is 10.0. The highest BCUT2D eigenvalue weighted by Gasteiger charge is 2.48. The van der Waals surface area contributed by atoms with Crippen molar-refractivity contribution in [2.24, 2.45) is 0 Å². The third-order valence-electron chi connectivity index (χ3n) is 3.66. The number of aromatic nitrogens is 4. The molecule has 2 aromatic heterocycles. The lowest BCUT2D eigenvalue weighted by Crippen LogP contribution is -2.35. The molecule has 1 saturated heterocycles. The van der Waals surface area contributed by atoms with Crippen LogP contribution in [-0.4, -0.2) is 54.2 Å². The minimum absolute atomic E-state index is 0.206. The molecule has 2 aromatic rings. The normalized spacial score (nSPS) is 30.9. The van der Waals surface area contributed by atoms with Crippen LogP contribution in [0.3, 0.4) is 0 Å². The predicted molar refractivity (Wildman–Crippen MR) is 69.3 cm³/mol. The van der Waals surface area contributed by atoms with Gasteiger partial charge in [0.1, 0.15) is 24.1 Å². The van der Waals surface area contributed by atoms with Crippen molar-refractivity contribution in [2.75, 3.05) is 0 Å². The largest absolute Gasteiger partial charge is 0.390 e. The molecule has 0 saturated carbocycles. The second kappa shape index (κ2) is 5.17. The lowest BCUT2D eigenvalue weighted by atomic mass is 10.1. The highest BCUT2D eigenvalue weighted by atomic mass is 19.1. The number of halogens is 1. The molecule has 9 heteroatoms. The van der Waals surface area contributed by atoms with E-state index < -0.39 is 36.4 Å². The predicted octanol–water partition coefficient (Wildman–Crippen LogP) is -0.513. The van der Waals surface area contributed by atoms with E-state index in [-0.39, 0.29) is 12.1 Å². The Labute approximate surface area is 118 Å². The Morgan fingerprint density at radius 2 is 2.38 bits per heavy atom. The fourth-order valence-corrected chi connectivity index (χ4v) is 2.53. The molecule has 3 N–H and O–H groups in total. The lowest BCUT2D eigenvalue weighted by Gasteiger charge is -2.18. The Hall–Kier alpha value is -1.84. The van der Waals surface area contributed by atoms with Crippen LogP contribution in [0.2, 0.25) is 0 Å². The van der Waals surface area contributed by atoms with Crippen molar-refractivity contribution in [3.8, 4) is 0 Å². The van der Waals surface area contributed by atoms with E-state index in [0.29, 0.717) is 5.52 Å². The van der Waals surface area contributed by atoms with Crippen LogP contribution >= 0.6 is 0 Å². The topological polar surface area (TPSA) is 113 Å². The van der Waals surface area contributed by atoms with Gasteiger partial charge in [0.2, 0.25) is 0 Å². The summed E-state index contributed by atoms with van der Waals surface area (Å²) in [6, 6.07) is 0. The van der Waals surface area contributed by atoms with E-state index in [1.165, 1.54) is 12.5 Å².